The van der Waals surface area contributed by atoms with Crippen LogP contribution in [0.1, 0.15) is 16.8 Å². The lowest BCUT2D eigenvalue weighted by Gasteiger charge is -2.16. The first-order chi connectivity index (χ1) is 16.0. The maximum atomic E-state index is 12.8. The summed E-state index contributed by atoms with van der Waals surface area (Å²) in [5.41, 5.74) is 3.07. The molecule has 1 heterocycles. The summed E-state index contributed by atoms with van der Waals surface area (Å²) in [7, 11) is 3.10. The fourth-order valence-corrected chi connectivity index (χ4v) is 2.87. The maximum Gasteiger partial charge on any atom is 0.376 e. The fourth-order valence-electron chi connectivity index (χ4n) is 2.87. The summed E-state index contributed by atoms with van der Waals surface area (Å²) in [5.74, 6) is -1.35. The minimum Gasteiger partial charge on any atom is -0.497 e. The Morgan fingerprint density at radius 3 is 2.52 bits per heavy atom. The summed E-state index contributed by atoms with van der Waals surface area (Å²) in [6, 6.07) is 15.1. The molecular weight excluding hydrogens is 428 g/mol. The summed E-state index contributed by atoms with van der Waals surface area (Å²) in [4.78, 5) is 46.7. The zero-order valence-corrected chi connectivity index (χ0v) is 18.2. The Labute approximate surface area is 190 Å². The highest BCUT2D eigenvalue weighted by molar-refractivity contribution is 6.45. The van der Waals surface area contributed by atoms with Crippen LogP contribution in [0.4, 0.5) is 5.69 Å². The van der Waals surface area contributed by atoms with Gasteiger partial charge in [0.15, 0.2) is 5.70 Å². The van der Waals surface area contributed by atoms with Gasteiger partial charge in [-0.25, -0.2) is 14.8 Å². The number of rotatable bonds is 9. The van der Waals surface area contributed by atoms with Gasteiger partial charge in [0, 0.05) is 31.9 Å². The van der Waals surface area contributed by atoms with E-state index in [9.17, 15) is 14.4 Å². The molecule has 0 atom stereocenters. The smallest absolute Gasteiger partial charge is 0.376 e. The number of carbonyl (C=O) groups is 3. The predicted molar refractivity (Wildman–Crippen MR) is 120 cm³/mol. The molecule has 172 valence electrons. The Bertz CT molecular complexity index is 1050. The summed E-state index contributed by atoms with van der Waals surface area (Å²) in [6.45, 7) is 0.761. The molecule has 10 nitrogen and oxygen atoms in total. The van der Waals surface area contributed by atoms with Crippen molar-refractivity contribution < 1.29 is 28.7 Å². The van der Waals surface area contributed by atoms with Crippen LogP contribution >= 0.6 is 0 Å². The van der Waals surface area contributed by atoms with Crippen LogP contribution in [0.3, 0.4) is 0 Å². The quantitative estimate of drug-likeness (QED) is 0.336. The number of hydrazine groups is 1. The van der Waals surface area contributed by atoms with Gasteiger partial charge < -0.3 is 19.6 Å². The number of anilines is 1. The molecule has 0 spiro atoms. The summed E-state index contributed by atoms with van der Waals surface area (Å²) < 4.78 is 10.1. The van der Waals surface area contributed by atoms with Crippen LogP contribution < -0.4 is 20.7 Å². The third-order valence-corrected chi connectivity index (χ3v) is 4.57. The van der Waals surface area contributed by atoms with Gasteiger partial charge in [0.1, 0.15) is 11.5 Å². The van der Waals surface area contributed by atoms with Gasteiger partial charge in [-0.05, 0) is 42.8 Å². The number of hydrogen-bond acceptors (Lipinski definition) is 8. The van der Waals surface area contributed by atoms with Gasteiger partial charge in [0.25, 0.3) is 11.8 Å². The lowest BCUT2D eigenvalue weighted by atomic mass is 10.2. The van der Waals surface area contributed by atoms with Crippen molar-refractivity contribution in [1.29, 1.82) is 0 Å². The van der Waals surface area contributed by atoms with E-state index in [0.29, 0.717) is 36.6 Å². The average Bonchev–Trinajstić information content (AvgIpc) is 3.21. The molecule has 0 aliphatic carbocycles. The number of ether oxygens (including phenoxy) is 2. The highest BCUT2D eigenvalue weighted by Crippen LogP contribution is 2.24. The topological polar surface area (TPSA) is 119 Å². The largest absolute Gasteiger partial charge is 0.497 e. The van der Waals surface area contributed by atoms with Crippen LogP contribution in [-0.4, -0.2) is 50.9 Å². The standard InChI is InChI=1S/C23H24N4O6/c1-31-14-6-13-24-22(29)19(25-21(28)16-7-4-3-5-8-16)15-20-23(30)33-26-27(20)17-9-11-18(32-2)12-10-17/h3-5,7-12,15,26H,6,13-14H2,1-2H3,(H,24,29)/b20-15+,25-19?. The third kappa shape index (κ3) is 6.25. The van der Waals surface area contributed by atoms with Crippen LogP contribution in [0.15, 0.2) is 71.4 Å². The van der Waals surface area contributed by atoms with E-state index >= 15 is 0 Å². The summed E-state index contributed by atoms with van der Waals surface area (Å²) in [6.07, 6.45) is 1.78. The molecule has 3 rings (SSSR count). The van der Waals surface area contributed by atoms with Crippen molar-refractivity contribution in [3.8, 4) is 5.75 Å². The number of nitrogens with zero attached hydrogens (tertiary/aromatic N) is 2. The van der Waals surface area contributed by atoms with Crippen LogP contribution in [0, 0.1) is 0 Å². The van der Waals surface area contributed by atoms with E-state index in [1.807, 2.05) is 0 Å². The highest BCUT2D eigenvalue weighted by atomic mass is 16.7. The maximum absolute atomic E-state index is 12.8. The van der Waals surface area contributed by atoms with Gasteiger partial charge in [-0.2, -0.15) is 0 Å². The Hall–Kier alpha value is -4.02. The molecule has 10 heteroatoms. The number of nitrogens with one attached hydrogen (secondary N) is 2. The van der Waals surface area contributed by atoms with E-state index in [0.717, 1.165) is 0 Å². The summed E-state index contributed by atoms with van der Waals surface area (Å²) in [5, 5.41) is 4.01. The normalized spacial score (nSPS) is 14.8. The Balaban J connectivity index is 1.93. The minimum absolute atomic E-state index is 0.0215. The SMILES string of the molecule is COCCCNC(=O)C(/C=C1\C(=O)ONN1c1ccc(OC)cc1)=NC(=O)c1ccccc1. The molecule has 2 aromatic rings. The first-order valence-electron chi connectivity index (χ1n) is 10.1. The molecule has 0 bridgehead atoms. The van der Waals surface area contributed by atoms with E-state index in [-0.39, 0.29) is 11.4 Å². The Kier molecular flexibility index (Phi) is 8.28. The summed E-state index contributed by atoms with van der Waals surface area (Å²) >= 11 is 0. The van der Waals surface area contributed by atoms with Crippen LogP contribution in [0.2, 0.25) is 0 Å². The average molecular weight is 452 g/mol. The molecule has 0 unspecified atom stereocenters. The van der Waals surface area contributed by atoms with E-state index in [1.54, 1.807) is 68.8 Å². The zero-order valence-electron chi connectivity index (χ0n) is 18.2. The number of amides is 2. The minimum atomic E-state index is -0.738. The highest BCUT2D eigenvalue weighted by Gasteiger charge is 2.30. The van der Waals surface area contributed by atoms with Crippen LogP contribution in [0.25, 0.3) is 0 Å². The number of methoxy groups -OCH3 is 2. The number of hydrogen-bond donors (Lipinski definition) is 2. The second kappa shape index (κ2) is 11.6. The van der Waals surface area contributed by atoms with Gasteiger partial charge in [0.05, 0.1) is 12.8 Å². The van der Waals surface area contributed by atoms with Gasteiger partial charge >= 0.3 is 5.97 Å². The van der Waals surface area contributed by atoms with Gasteiger partial charge in [0.2, 0.25) is 0 Å². The molecule has 2 N–H and O–H groups in total. The molecule has 0 radical (unpaired) electrons. The second-order valence-corrected chi connectivity index (χ2v) is 6.81. The predicted octanol–water partition coefficient (Wildman–Crippen LogP) is 1.80. The van der Waals surface area contributed by atoms with Crippen molar-refractivity contribution in [3.63, 3.8) is 0 Å². The molecular formula is C23H24N4O6. The molecule has 33 heavy (non-hydrogen) atoms. The van der Waals surface area contributed by atoms with Crippen molar-refractivity contribution >= 4 is 29.2 Å². The number of benzene rings is 2. The molecule has 1 saturated heterocycles. The van der Waals surface area contributed by atoms with Crippen molar-refractivity contribution in [3.05, 3.63) is 71.9 Å². The number of carbonyl (C=O) groups excluding carboxylic acids is 3. The van der Waals surface area contributed by atoms with Crippen molar-refractivity contribution in [2.24, 2.45) is 4.99 Å². The van der Waals surface area contributed by atoms with Gasteiger partial charge in [-0.15, -0.1) is 0 Å². The third-order valence-electron chi connectivity index (χ3n) is 4.57. The zero-order chi connectivity index (χ0) is 23.6. The van der Waals surface area contributed by atoms with E-state index < -0.39 is 17.8 Å². The Morgan fingerprint density at radius 2 is 1.85 bits per heavy atom. The first-order valence-corrected chi connectivity index (χ1v) is 10.1. The molecule has 0 saturated carbocycles. The van der Waals surface area contributed by atoms with E-state index in [2.05, 4.69) is 15.9 Å². The molecule has 1 aliphatic heterocycles. The Morgan fingerprint density at radius 1 is 1.12 bits per heavy atom. The lowest BCUT2D eigenvalue weighted by Crippen LogP contribution is -2.34. The molecule has 2 amide bonds. The van der Waals surface area contributed by atoms with Crippen LogP contribution in [0.5, 0.6) is 5.75 Å². The molecule has 2 aromatic carbocycles. The molecule has 1 aliphatic rings. The van der Waals surface area contributed by atoms with Crippen molar-refractivity contribution in [2.75, 3.05) is 32.4 Å². The van der Waals surface area contributed by atoms with Crippen molar-refractivity contribution in [1.82, 2.24) is 10.9 Å². The first kappa shape index (κ1) is 23.6. The van der Waals surface area contributed by atoms with E-state index in [4.69, 9.17) is 14.3 Å². The monoisotopic (exact) mass is 452 g/mol. The molecule has 1 fully saturated rings. The lowest BCUT2D eigenvalue weighted by molar-refractivity contribution is -0.140. The number of aliphatic imine (C=N–C) groups is 1. The molecule has 0 aromatic heterocycles. The van der Waals surface area contributed by atoms with Crippen LogP contribution in [-0.2, 0) is 19.2 Å². The van der Waals surface area contributed by atoms with Crippen molar-refractivity contribution in [2.45, 2.75) is 6.42 Å². The second-order valence-electron chi connectivity index (χ2n) is 6.81. The van der Waals surface area contributed by atoms with Gasteiger partial charge in [-0.1, -0.05) is 23.8 Å². The van der Waals surface area contributed by atoms with E-state index in [1.165, 1.54) is 11.1 Å². The fraction of sp³-hybridized carbons (Fsp3) is 0.217. The van der Waals surface area contributed by atoms with Gasteiger partial charge in [-0.3, -0.25) is 9.59 Å².